The van der Waals surface area contributed by atoms with Crippen molar-refractivity contribution in [3.05, 3.63) is 0 Å². The molecule has 0 saturated heterocycles. The highest BCUT2D eigenvalue weighted by molar-refractivity contribution is 5.72. The Labute approximate surface area is 97.2 Å². The van der Waals surface area contributed by atoms with Crippen molar-refractivity contribution in [1.82, 2.24) is 0 Å². The molecule has 0 spiro atoms. The zero-order valence-electron chi connectivity index (χ0n) is 10.5. The summed E-state index contributed by atoms with van der Waals surface area (Å²) < 4.78 is 0. The highest BCUT2D eigenvalue weighted by Gasteiger charge is 2.07. The molecule has 4 nitrogen and oxygen atoms in total. The first-order chi connectivity index (χ1) is 7.56. The van der Waals surface area contributed by atoms with Gasteiger partial charge in [-0.15, -0.1) is 0 Å². The third kappa shape index (κ3) is 9.49. The van der Waals surface area contributed by atoms with E-state index in [4.69, 9.17) is 0 Å². The Morgan fingerprint density at radius 1 is 1.00 bits per heavy atom. The van der Waals surface area contributed by atoms with Crippen molar-refractivity contribution in [2.75, 3.05) is 0 Å². The average Bonchev–Trinajstić information content (AvgIpc) is 2.24. The van der Waals surface area contributed by atoms with Crippen molar-refractivity contribution < 1.29 is 19.4 Å². The lowest BCUT2D eigenvalue weighted by Crippen LogP contribution is -2.10. The number of carbonyl (C=O) groups is 2. The van der Waals surface area contributed by atoms with Gasteiger partial charge in [0.1, 0.15) is 0 Å². The molecule has 0 atom stereocenters. The minimum Gasteiger partial charge on any atom is -0.247 e. The van der Waals surface area contributed by atoms with E-state index in [1.165, 1.54) is 6.42 Å². The van der Waals surface area contributed by atoms with E-state index >= 15 is 0 Å². The fraction of sp³-hybridized carbons (Fsp3) is 0.833. The number of rotatable bonds is 7. The molecule has 0 unspecified atom stereocenters. The Morgan fingerprint density at radius 3 is 2.19 bits per heavy atom. The molecule has 0 aliphatic carbocycles. The van der Waals surface area contributed by atoms with Crippen LogP contribution in [0.2, 0.25) is 0 Å². The Bertz CT molecular complexity index is 211. The van der Waals surface area contributed by atoms with E-state index in [2.05, 4.69) is 23.6 Å². The molecule has 4 heteroatoms. The monoisotopic (exact) mass is 230 g/mol. The summed E-state index contributed by atoms with van der Waals surface area (Å²) in [7, 11) is 0. The van der Waals surface area contributed by atoms with Crippen LogP contribution in [0.1, 0.15) is 59.3 Å². The Kier molecular flexibility index (Phi) is 8.58. The van der Waals surface area contributed by atoms with Gasteiger partial charge in [0.15, 0.2) is 0 Å². The molecule has 0 aliphatic rings. The van der Waals surface area contributed by atoms with Gasteiger partial charge in [-0.05, 0) is 12.3 Å². The molecule has 16 heavy (non-hydrogen) atoms. The van der Waals surface area contributed by atoms with Crippen LogP contribution in [0.4, 0.5) is 0 Å². The maximum absolute atomic E-state index is 11.1. The number of unbranched alkanes of at least 4 members (excludes halogenated alkanes) is 2. The van der Waals surface area contributed by atoms with Gasteiger partial charge in [0.05, 0.1) is 6.42 Å². The van der Waals surface area contributed by atoms with Crippen LogP contribution in [0.15, 0.2) is 0 Å². The van der Waals surface area contributed by atoms with Crippen LogP contribution in [-0.2, 0) is 19.4 Å². The summed E-state index contributed by atoms with van der Waals surface area (Å²) in [6, 6.07) is 0. The third-order valence-corrected chi connectivity index (χ3v) is 2.18. The molecule has 0 aromatic carbocycles. The molecule has 0 aliphatic heterocycles. The van der Waals surface area contributed by atoms with Gasteiger partial charge in [0.2, 0.25) is 0 Å². The first kappa shape index (κ1) is 14.9. The topological polar surface area (TPSA) is 52.6 Å². The van der Waals surface area contributed by atoms with Crippen LogP contribution in [0.5, 0.6) is 0 Å². The summed E-state index contributed by atoms with van der Waals surface area (Å²) in [6.45, 7) is 6.00. The van der Waals surface area contributed by atoms with E-state index in [-0.39, 0.29) is 6.42 Å². The zero-order chi connectivity index (χ0) is 12.4. The highest BCUT2D eigenvalue weighted by atomic mass is 17.2. The molecule has 0 rings (SSSR count). The van der Waals surface area contributed by atoms with E-state index in [0.29, 0.717) is 12.3 Å². The van der Waals surface area contributed by atoms with Gasteiger partial charge < -0.3 is 0 Å². The van der Waals surface area contributed by atoms with Crippen molar-refractivity contribution in [3.63, 3.8) is 0 Å². The van der Waals surface area contributed by atoms with Crippen molar-refractivity contribution in [2.24, 2.45) is 5.92 Å². The van der Waals surface area contributed by atoms with Gasteiger partial charge in [-0.1, -0.05) is 40.0 Å². The van der Waals surface area contributed by atoms with Crippen LogP contribution in [0.3, 0.4) is 0 Å². The van der Waals surface area contributed by atoms with Crippen molar-refractivity contribution in [2.45, 2.75) is 59.3 Å². The molecule has 0 fully saturated rings. The summed E-state index contributed by atoms with van der Waals surface area (Å²) in [5.74, 6) is -0.281. The second kappa shape index (κ2) is 9.19. The fourth-order valence-corrected chi connectivity index (χ4v) is 1.19. The molecule has 0 bridgehead atoms. The summed E-state index contributed by atoms with van der Waals surface area (Å²) >= 11 is 0. The number of carbonyl (C=O) groups excluding carboxylic acids is 2. The number of hydrogen-bond acceptors (Lipinski definition) is 4. The predicted octanol–water partition coefficient (Wildman–Crippen LogP) is 3.00. The van der Waals surface area contributed by atoms with Crippen molar-refractivity contribution >= 4 is 11.9 Å². The highest BCUT2D eigenvalue weighted by Crippen LogP contribution is 2.09. The normalized spacial score (nSPS) is 10.2. The zero-order valence-corrected chi connectivity index (χ0v) is 10.5. The molecule has 0 N–H and O–H groups in total. The lowest BCUT2D eigenvalue weighted by Gasteiger charge is -2.04. The van der Waals surface area contributed by atoms with Crippen LogP contribution in [0, 0.1) is 5.92 Å². The SMILES string of the molecule is CCC(=O)OOC(=O)CCCCCC(C)C. The van der Waals surface area contributed by atoms with E-state index in [0.717, 1.165) is 19.3 Å². The van der Waals surface area contributed by atoms with Crippen LogP contribution in [0.25, 0.3) is 0 Å². The molecular weight excluding hydrogens is 208 g/mol. The van der Waals surface area contributed by atoms with Crippen molar-refractivity contribution in [1.29, 1.82) is 0 Å². The maximum Gasteiger partial charge on any atom is 0.355 e. The molecule has 0 saturated carbocycles. The largest absolute Gasteiger partial charge is 0.355 e. The van der Waals surface area contributed by atoms with Gasteiger partial charge in [-0.3, -0.25) is 0 Å². The Balaban J connectivity index is 3.34. The lowest BCUT2D eigenvalue weighted by atomic mass is 10.0. The van der Waals surface area contributed by atoms with Gasteiger partial charge in [0.25, 0.3) is 0 Å². The van der Waals surface area contributed by atoms with Gasteiger partial charge >= 0.3 is 11.9 Å². The molecule has 0 heterocycles. The molecular formula is C12H22O4. The fourth-order valence-electron chi connectivity index (χ4n) is 1.19. The minimum atomic E-state index is -0.520. The molecule has 0 aromatic heterocycles. The summed E-state index contributed by atoms with van der Waals surface area (Å²) in [4.78, 5) is 30.3. The van der Waals surface area contributed by atoms with Gasteiger partial charge in [-0.25, -0.2) is 19.4 Å². The first-order valence-corrected chi connectivity index (χ1v) is 5.96. The molecule has 94 valence electrons. The van der Waals surface area contributed by atoms with E-state index in [9.17, 15) is 9.59 Å². The van der Waals surface area contributed by atoms with Crippen LogP contribution in [-0.4, -0.2) is 11.9 Å². The Morgan fingerprint density at radius 2 is 1.62 bits per heavy atom. The lowest BCUT2D eigenvalue weighted by molar-refractivity contribution is -0.258. The third-order valence-electron chi connectivity index (χ3n) is 2.18. The average molecular weight is 230 g/mol. The predicted molar refractivity (Wildman–Crippen MR) is 60.4 cm³/mol. The molecule has 0 radical (unpaired) electrons. The minimum absolute atomic E-state index is 0.210. The van der Waals surface area contributed by atoms with Crippen LogP contribution >= 0.6 is 0 Å². The first-order valence-electron chi connectivity index (χ1n) is 5.96. The van der Waals surface area contributed by atoms with Gasteiger partial charge in [0, 0.05) is 6.42 Å². The summed E-state index contributed by atoms with van der Waals surface area (Å²) in [6.07, 6.45) is 4.63. The molecule has 0 amide bonds. The second-order valence-electron chi connectivity index (χ2n) is 4.26. The quantitative estimate of drug-likeness (QED) is 0.383. The maximum atomic E-state index is 11.1. The van der Waals surface area contributed by atoms with E-state index < -0.39 is 11.9 Å². The number of hydrogen-bond donors (Lipinski definition) is 0. The van der Waals surface area contributed by atoms with E-state index in [1.54, 1.807) is 6.92 Å². The smallest absolute Gasteiger partial charge is 0.247 e. The summed E-state index contributed by atoms with van der Waals surface area (Å²) in [5, 5.41) is 0. The van der Waals surface area contributed by atoms with Gasteiger partial charge in [-0.2, -0.15) is 0 Å². The standard InChI is InChI=1S/C12H22O4/c1-4-11(13)15-16-12(14)9-7-5-6-8-10(2)3/h10H,4-9H2,1-3H3. The summed E-state index contributed by atoms with van der Waals surface area (Å²) in [5.41, 5.74) is 0. The molecule has 0 aromatic rings. The van der Waals surface area contributed by atoms with Crippen LogP contribution < -0.4 is 0 Å². The van der Waals surface area contributed by atoms with Crippen molar-refractivity contribution in [3.8, 4) is 0 Å². The Hall–Kier alpha value is -1.06. The second-order valence-corrected chi connectivity index (χ2v) is 4.26. The van der Waals surface area contributed by atoms with E-state index in [1.807, 2.05) is 0 Å².